The van der Waals surface area contributed by atoms with Gasteiger partial charge in [-0.25, -0.2) is 0 Å². The van der Waals surface area contributed by atoms with E-state index in [1.807, 2.05) is 83.8 Å². The van der Waals surface area contributed by atoms with Gasteiger partial charge in [-0.2, -0.15) is 0 Å². The molecule has 7 heteroatoms. The lowest BCUT2D eigenvalue weighted by Gasteiger charge is -2.37. The van der Waals surface area contributed by atoms with Crippen LogP contribution in [-0.4, -0.2) is 29.6 Å². The Labute approximate surface area is 244 Å². The summed E-state index contributed by atoms with van der Waals surface area (Å²) in [7, 11) is 0. The van der Waals surface area contributed by atoms with Gasteiger partial charge in [-0.05, 0) is 47.5 Å². The number of benzene rings is 4. The van der Waals surface area contributed by atoms with Crippen LogP contribution in [0.5, 0.6) is 0 Å². The monoisotopic (exact) mass is 608 g/mol. The summed E-state index contributed by atoms with van der Waals surface area (Å²) in [5.74, 6) is -1.64. The molecule has 4 aromatic carbocycles. The van der Waals surface area contributed by atoms with Crippen molar-refractivity contribution in [1.29, 1.82) is 0 Å². The molecule has 7 rings (SSSR count). The summed E-state index contributed by atoms with van der Waals surface area (Å²) in [4.78, 5) is 45.7. The van der Waals surface area contributed by atoms with E-state index in [1.165, 1.54) is 0 Å². The highest BCUT2D eigenvalue weighted by Gasteiger charge is 2.70. The van der Waals surface area contributed by atoms with E-state index in [0.717, 1.165) is 15.7 Å². The van der Waals surface area contributed by atoms with Gasteiger partial charge in [-0.3, -0.25) is 14.4 Å². The molecule has 4 aromatic rings. The van der Waals surface area contributed by atoms with E-state index in [9.17, 15) is 14.4 Å². The summed E-state index contributed by atoms with van der Waals surface area (Å²) in [5, 5.41) is 3.59. The number of nitrogens with one attached hydrogen (secondary N) is 1. The fourth-order valence-electron chi connectivity index (χ4n) is 6.72. The lowest BCUT2D eigenvalue weighted by Crippen LogP contribution is -2.55. The Morgan fingerprint density at radius 1 is 0.850 bits per heavy atom. The zero-order valence-electron chi connectivity index (χ0n) is 21.1. The van der Waals surface area contributed by atoms with Crippen molar-refractivity contribution in [3.05, 3.63) is 135 Å². The Morgan fingerprint density at radius 2 is 1.55 bits per heavy atom. The maximum Gasteiger partial charge on any atom is 0.238 e. The molecule has 0 bridgehead atoms. The number of amides is 1. The van der Waals surface area contributed by atoms with E-state index in [0.29, 0.717) is 27.4 Å². The first kappa shape index (κ1) is 25.0. The van der Waals surface area contributed by atoms with Crippen molar-refractivity contribution in [1.82, 2.24) is 0 Å². The normalized spacial score (nSPS) is 23.9. The molecule has 1 saturated heterocycles. The molecule has 4 atom stereocenters. The molecule has 196 valence electrons. The average Bonchev–Trinajstić information content (AvgIpc) is 3.45. The molecule has 1 spiro atoms. The highest BCUT2D eigenvalue weighted by Crippen LogP contribution is 2.58. The Morgan fingerprint density at radius 3 is 2.33 bits per heavy atom. The number of hydrogen-bond acceptors (Lipinski definition) is 4. The number of nitrogens with zero attached hydrogens (tertiary/aromatic N) is 1. The predicted molar refractivity (Wildman–Crippen MR) is 160 cm³/mol. The number of fused-ring (bicyclic) bond motifs is 5. The highest BCUT2D eigenvalue weighted by molar-refractivity contribution is 9.10. The molecule has 0 saturated carbocycles. The number of ketones is 2. The second kappa shape index (κ2) is 9.29. The van der Waals surface area contributed by atoms with Crippen molar-refractivity contribution in [2.45, 2.75) is 17.5 Å². The molecule has 3 heterocycles. The zero-order valence-corrected chi connectivity index (χ0v) is 23.4. The van der Waals surface area contributed by atoms with Gasteiger partial charge >= 0.3 is 0 Å². The number of halogens is 2. The summed E-state index contributed by atoms with van der Waals surface area (Å²) >= 11 is 9.81. The number of Topliss-reactive ketones (excluding diaryl/α,β-unsaturated/α-hetero) is 2. The summed E-state index contributed by atoms with van der Waals surface area (Å²) in [5.41, 5.74) is 2.33. The van der Waals surface area contributed by atoms with Crippen LogP contribution in [0.25, 0.3) is 6.08 Å². The van der Waals surface area contributed by atoms with Gasteiger partial charge in [0, 0.05) is 32.0 Å². The summed E-state index contributed by atoms with van der Waals surface area (Å²) < 4.78 is 0.838. The molecular weight excluding hydrogens is 588 g/mol. The fourth-order valence-corrected chi connectivity index (χ4v) is 7.17. The molecule has 1 unspecified atom stereocenters. The molecule has 40 heavy (non-hydrogen) atoms. The van der Waals surface area contributed by atoms with E-state index in [-0.39, 0.29) is 17.5 Å². The van der Waals surface area contributed by atoms with E-state index < -0.39 is 23.4 Å². The topological polar surface area (TPSA) is 66.5 Å². The predicted octanol–water partition coefficient (Wildman–Crippen LogP) is 6.96. The second-order valence-electron chi connectivity index (χ2n) is 10.3. The minimum atomic E-state index is -1.48. The molecule has 1 N–H and O–H groups in total. The van der Waals surface area contributed by atoms with Crippen LogP contribution >= 0.6 is 27.5 Å². The Bertz CT molecular complexity index is 1740. The standard InChI is InChI=1S/C33H22BrClN2O3/c34-22-13-10-20(11-14-22)30(39)31-33(24-8-4-5-9-25(24)36-32(33)40)28(29(38)19-6-2-1-3-7-19)27-16-12-21-18-23(35)15-17-26(21)37(27)31/h1-18,27-28,31H,(H,36,40)/t27?,28-,31+,33+/m1/s1. The SMILES string of the molecule is O=C(c1ccc(Br)cc1)[C@@H]1N2c3ccc(Cl)cc3C=CC2[C@H](C(=O)c2ccccc2)[C@]12C(=O)Nc1ccccc12. The van der Waals surface area contributed by atoms with Gasteiger partial charge in [0.25, 0.3) is 0 Å². The van der Waals surface area contributed by atoms with Crippen LogP contribution < -0.4 is 10.2 Å². The maximum atomic E-state index is 14.7. The Kier molecular flexibility index (Phi) is 5.81. The zero-order chi connectivity index (χ0) is 27.6. The third kappa shape index (κ3) is 3.49. The van der Waals surface area contributed by atoms with Crippen molar-refractivity contribution in [3.8, 4) is 0 Å². The minimum absolute atomic E-state index is 0.185. The lowest BCUT2D eigenvalue weighted by atomic mass is 9.63. The van der Waals surface area contributed by atoms with Gasteiger partial charge in [0.05, 0.1) is 12.0 Å². The van der Waals surface area contributed by atoms with Crippen LogP contribution in [0.15, 0.2) is 108 Å². The third-order valence-electron chi connectivity index (χ3n) is 8.32. The number of hydrogen-bond donors (Lipinski definition) is 1. The van der Waals surface area contributed by atoms with Crippen LogP contribution in [0.4, 0.5) is 11.4 Å². The molecule has 0 radical (unpaired) electrons. The van der Waals surface area contributed by atoms with Crippen LogP contribution in [0.1, 0.15) is 31.8 Å². The number of anilines is 2. The molecule has 0 aromatic heterocycles. The number of carbonyl (C=O) groups excluding carboxylic acids is 3. The summed E-state index contributed by atoms with van der Waals surface area (Å²) in [6.45, 7) is 0. The molecule has 1 amide bonds. The molecule has 3 aliphatic heterocycles. The number of carbonyl (C=O) groups is 3. The smallest absolute Gasteiger partial charge is 0.238 e. The highest BCUT2D eigenvalue weighted by atomic mass is 79.9. The van der Waals surface area contributed by atoms with Crippen LogP contribution in [0.3, 0.4) is 0 Å². The van der Waals surface area contributed by atoms with E-state index in [2.05, 4.69) is 21.2 Å². The molecule has 0 aliphatic carbocycles. The van der Waals surface area contributed by atoms with Gasteiger partial charge in [0.1, 0.15) is 11.5 Å². The first-order valence-electron chi connectivity index (χ1n) is 13.0. The lowest BCUT2D eigenvalue weighted by molar-refractivity contribution is -0.121. The van der Waals surface area contributed by atoms with E-state index in [1.54, 1.807) is 30.3 Å². The second-order valence-corrected chi connectivity index (χ2v) is 11.7. The number of para-hydroxylation sites is 1. The first-order valence-corrected chi connectivity index (χ1v) is 14.1. The van der Waals surface area contributed by atoms with Crippen LogP contribution in [-0.2, 0) is 10.2 Å². The fraction of sp³-hybridized carbons (Fsp3) is 0.121. The largest absolute Gasteiger partial charge is 0.352 e. The maximum absolute atomic E-state index is 14.7. The van der Waals surface area contributed by atoms with Crippen LogP contribution in [0, 0.1) is 5.92 Å². The molecular formula is C33H22BrClN2O3. The van der Waals surface area contributed by atoms with Gasteiger partial charge in [0.2, 0.25) is 5.91 Å². The van der Waals surface area contributed by atoms with Crippen molar-refractivity contribution >= 4 is 62.5 Å². The van der Waals surface area contributed by atoms with Gasteiger partial charge in [0.15, 0.2) is 11.6 Å². The summed E-state index contributed by atoms with van der Waals surface area (Å²) in [6, 6.07) is 27.5. The average molecular weight is 610 g/mol. The van der Waals surface area contributed by atoms with E-state index in [4.69, 9.17) is 11.6 Å². The van der Waals surface area contributed by atoms with E-state index >= 15 is 0 Å². The number of rotatable bonds is 4. The molecule has 5 nitrogen and oxygen atoms in total. The Balaban J connectivity index is 1.55. The molecule has 3 aliphatic rings. The van der Waals surface area contributed by atoms with Gasteiger partial charge < -0.3 is 10.2 Å². The van der Waals surface area contributed by atoms with Crippen molar-refractivity contribution in [2.24, 2.45) is 5.92 Å². The first-order chi connectivity index (χ1) is 19.4. The van der Waals surface area contributed by atoms with Crippen molar-refractivity contribution < 1.29 is 14.4 Å². The Hall–Kier alpha value is -4.00. The van der Waals surface area contributed by atoms with Crippen molar-refractivity contribution in [2.75, 3.05) is 10.2 Å². The third-order valence-corrected chi connectivity index (χ3v) is 9.08. The molecule has 1 fully saturated rings. The summed E-state index contributed by atoms with van der Waals surface area (Å²) in [6.07, 6.45) is 3.88. The van der Waals surface area contributed by atoms with Crippen LogP contribution in [0.2, 0.25) is 5.02 Å². The minimum Gasteiger partial charge on any atom is -0.352 e. The van der Waals surface area contributed by atoms with Gasteiger partial charge in [-0.1, -0.05) is 100 Å². The van der Waals surface area contributed by atoms with Crippen molar-refractivity contribution in [3.63, 3.8) is 0 Å². The van der Waals surface area contributed by atoms with Gasteiger partial charge in [-0.15, -0.1) is 0 Å². The quantitative estimate of drug-likeness (QED) is 0.254.